The molecule has 5 heteroatoms. The normalized spacial score (nSPS) is 19.5. The number of hydrogen-bond acceptors (Lipinski definition) is 4. The van der Waals surface area contributed by atoms with Gasteiger partial charge in [-0.25, -0.2) is 0 Å². The number of carbonyl (C=O) groups is 1. The van der Waals surface area contributed by atoms with Crippen LogP contribution in [-0.2, 0) is 4.79 Å². The van der Waals surface area contributed by atoms with Crippen molar-refractivity contribution in [1.29, 1.82) is 0 Å². The highest BCUT2D eigenvalue weighted by Crippen LogP contribution is 2.19. The van der Waals surface area contributed by atoms with E-state index in [1.54, 1.807) is 12.4 Å². The minimum atomic E-state index is 0.0112. The van der Waals surface area contributed by atoms with E-state index in [0.717, 1.165) is 25.1 Å². The minimum absolute atomic E-state index is 0.0112. The van der Waals surface area contributed by atoms with Crippen LogP contribution in [0, 0.1) is 0 Å². The Kier molecular flexibility index (Phi) is 5.99. The van der Waals surface area contributed by atoms with Gasteiger partial charge in [-0.3, -0.25) is 14.7 Å². The second-order valence-corrected chi connectivity index (χ2v) is 5.67. The van der Waals surface area contributed by atoms with Gasteiger partial charge in [0.25, 0.3) is 0 Å². The fourth-order valence-corrected chi connectivity index (χ4v) is 2.75. The number of rotatable bonds is 6. The minimum Gasteiger partial charge on any atom is -0.490 e. The molecule has 1 unspecified atom stereocenters. The van der Waals surface area contributed by atoms with Gasteiger partial charge in [0.15, 0.2) is 0 Å². The number of ether oxygens (including phenoxy) is 1. The van der Waals surface area contributed by atoms with E-state index in [-0.39, 0.29) is 11.9 Å². The van der Waals surface area contributed by atoms with Gasteiger partial charge in [0.05, 0.1) is 18.8 Å². The average Bonchev–Trinajstić information content (AvgIpc) is 2.52. The zero-order valence-electron chi connectivity index (χ0n) is 12.9. The van der Waals surface area contributed by atoms with Gasteiger partial charge in [-0.05, 0) is 45.4 Å². The van der Waals surface area contributed by atoms with Crippen LogP contribution >= 0.6 is 0 Å². The van der Waals surface area contributed by atoms with Gasteiger partial charge in [0.1, 0.15) is 12.4 Å². The van der Waals surface area contributed by atoms with Crippen molar-refractivity contribution in [3.8, 4) is 5.75 Å². The first-order valence-corrected chi connectivity index (χ1v) is 7.75. The lowest BCUT2D eigenvalue weighted by Gasteiger charge is -2.37. The SMILES string of the molecule is CC(C)N1CCCCC1C(=O)NCCOc1cccnc1. The molecule has 1 amide bonds. The second-order valence-electron chi connectivity index (χ2n) is 5.67. The van der Waals surface area contributed by atoms with Crippen LogP contribution in [0.2, 0.25) is 0 Å². The van der Waals surface area contributed by atoms with Gasteiger partial charge >= 0.3 is 0 Å². The Labute approximate surface area is 126 Å². The molecule has 0 spiro atoms. The fourth-order valence-electron chi connectivity index (χ4n) is 2.75. The molecular formula is C16H25N3O2. The molecule has 0 aliphatic carbocycles. The van der Waals surface area contributed by atoms with Gasteiger partial charge < -0.3 is 10.1 Å². The summed E-state index contributed by atoms with van der Waals surface area (Å²) >= 11 is 0. The highest BCUT2D eigenvalue weighted by atomic mass is 16.5. The van der Waals surface area contributed by atoms with Crippen molar-refractivity contribution in [3.63, 3.8) is 0 Å². The molecule has 1 aliphatic rings. The zero-order chi connectivity index (χ0) is 15.1. The molecule has 0 saturated carbocycles. The monoisotopic (exact) mass is 291 g/mol. The molecule has 1 atom stereocenters. The van der Waals surface area contributed by atoms with Crippen LogP contribution in [0.15, 0.2) is 24.5 Å². The molecule has 2 heterocycles. The summed E-state index contributed by atoms with van der Waals surface area (Å²) in [6, 6.07) is 4.11. The molecule has 5 nitrogen and oxygen atoms in total. The third kappa shape index (κ3) is 4.70. The Morgan fingerprint density at radius 1 is 1.52 bits per heavy atom. The van der Waals surface area contributed by atoms with Crippen LogP contribution in [0.4, 0.5) is 0 Å². The van der Waals surface area contributed by atoms with Gasteiger partial charge in [-0.15, -0.1) is 0 Å². The number of pyridine rings is 1. The Morgan fingerprint density at radius 3 is 3.10 bits per heavy atom. The van der Waals surface area contributed by atoms with Crippen LogP contribution in [0.1, 0.15) is 33.1 Å². The Morgan fingerprint density at radius 2 is 2.38 bits per heavy atom. The lowest BCUT2D eigenvalue weighted by Crippen LogP contribution is -2.52. The fraction of sp³-hybridized carbons (Fsp3) is 0.625. The number of nitrogens with zero attached hydrogens (tertiary/aromatic N) is 2. The summed E-state index contributed by atoms with van der Waals surface area (Å²) < 4.78 is 5.53. The summed E-state index contributed by atoms with van der Waals surface area (Å²) in [4.78, 5) is 18.6. The Bertz CT molecular complexity index is 436. The molecule has 1 fully saturated rings. The van der Waals surface area contributed by atoms with Crippen molar-refractivity contribution < 1.29 is 9.53 Å². The van der Waals surface area contributed by atoms with Crippen LogP contribution in [0.5, 0.6) is 5.75 Å². The molecule has 116 valence electrons. The van der Waals surface area contributed by atoms with Gasteiger partial charge in [-0.2, -0.15) is 0 Å². The average molecular weight is 291 g/mol. The molecular weight excluding hydrogens is 266 g/mol. The largest absolute Gasteiger partial charge is 0.490 e. The third-order valence-corrected chi connectivity index (χ3v) is 3.81. The molecule has 1 aromatic rings. The second kappa shape index (κ2) is 7.98. The smallest absolute Gasteiger partial charge is 0.237 e. The molecule has 1 aliphatic heterocycles. The van der Waals surface area contributed by atoms with Crippen molar-refractivity contribution >= 4 is 5.91 Å². The van der Waals surface area contributed by atoms with E-state index in [4.69, 9.17) is 4.74 Å². The highest BCUT2D eigenvalue weighted by molar-refractivity contribution is 5.81. The number of aromatic nitrogens is 1. The summed E-state index contributed by atoms with van der Waals surface area (Å²) in [6.45, 7) is 6.30. The van der Waals surface area contributed by atoms with Crippen molar-refractivity contribution in [1.82, 2.24) is 15.2 Å². The zero-order valence-corrected chi connectivity index (χ0v) is 12.9. The van der Waals surface area contributed by atoms with Crippen molar-refractivity contribution in [2.75, 3.05) is 19.7 Å². The maximum Gasteiger partial charge on any atom is 0.237 e. The van der Waals surface area contributed by atoms with E-state index in [1.165, 1.54) is 6.42 Å². The standard InChI is InChI=1S/C16H25N3O2/c1-13(2)19-10-4-3-7-15(19)16(20)18-9-11-21-14-6-5-8-17-12-14/h5-6,8,12-13,15H,3-4,7,9-11H2,1-2H3,(H,18,20). The maximum absolute atomic E-state index is 12.3. The predicted molar refractivity (Wildman–Crippen MR) is 82.2 cm³/mol. The van der Waals surface area contributed by atoms with Crippen molar-refractivity contribution in [2.45, 2.75) is 45.2 Å². The first kappa shape index (κ1) is 15.8. The molecule has 1 N–H and O–H groups in total. The van der Waals surface area contributed by atoms with E-state index >= 15 is 0 Å². The number of amides is 1. The Balaban J connectivity index is 1.73. The van der Waals surface area contributed by atoms with Crippen molar-refractivity contribution in [2.24, 2.45) is 0 Å². The van der Waals surface area contributed by atoms with Crippen LogP contribution in [0.3, 0.4) is 0 Å². The third-order valence-electron chi connectivity index (χ3n) is 3.81. The molecule has 2 rings (SSSR count). The van der Waals surface area contributed by atoms with E-state index in [2.05, 4.69) is 29.0 Å². The summed E-state index contributed by atoms with van der Waals surface area (Å²) in [5.41, 5.74) is 0. The maximum atomic E-state index is 12.3. The molecule has 1 aromatic heterocycles. The van der Waals surface area contributed by atoms with E-state index in [9.17, 15) is 4.79 Å². The number of hydrogen-bond donors (Lipinski definition) is 1. The molecule has 0 bridgehead atoms. The molecule has 0 radical (unpaired) electrons. The quantitative estimate of drug-likeness (QED) is 0.813. The summed E-state index contributed by atoms with van der Waals surface area (Å²) in [5.74, 6) is 0.853. The number of carbonyl (C=O) groups excluding carboxylic acids is 1. The van der Waals surface area contributed by atoms with Gasteiger partial charge in [-0.1, -0.05) is 6.42 Å². The number of nitrogens with one attached hydrogen (secondary N) is 1. The lowest BCUT2D eigenvalue weighted by molar-refractivity contribution is -0.128. The number of likely N-dealkylation sites (tertiary alicyclic amines) is 1. The van der Waals surface area contributed by atoms with Gasteiger partial charge in [0.2, 0.25) is 5.91 Å². The van der Waals surface area contributed by atoms with Gasteiger partial charge in [0, 0.05) is 12.2 Å². The molecule has 21 heavy (non-hydrogen) atoms. The van der Waals surface area contributed by atoms with Crippen LogP contribution in [0.25, 0.3) is 0 Å². The van der Waals surface area contributed by atoms with E-state index < -0.39 is 0 Å². The lowest BCUT2D eigenvalue weighted by atomic mass is 10.00. The number of piperidine rings is 1. The first-order chi connectivity index (χ1) is 10.2. The van der Waals surface area contributed by atoms with E-state index in [1.807, 2.05) is 12.1 Å². The molecule has 1 saturated heterocycles. The summed E-state index contributed by atoms with van der Waals surface area (Å²) in [5, 5.41) is 2.98. The van der Waals surface area contributed by atoms with E-state index in [0.29, 0.717) is 19.2 Å². The summed E-state index contributed by atoms with van der Waals surface area (Å²) in [6.07, 6.45) is 6.65. The topological polar surface area (TPSA) is 54.5 Å². The summed E-state index contributed by atoms with van der Waals surface area (Å²) in [7, 11) is 0. The predicted octanol–water partition coefficient (Wildman–Crippen LogP) is 1.84. The van der Waals surface area contributed by atoms with Crippen molar-refractivity contribution in [3.05, 3.63) is 24.5 Å². The van der Waals surface area contributed by atoms with Crippen LogP contribution < -0.4 is 10.1 Å². The van der Waals surface area contributed by atoms with Crippen LogP contribution in [-0.4, -0.2) is 47.6 Å². The first-order valence-electron chi connectivity index (χ1n) is 7.75. The highest BCUT2D eigenvalue weighted by Gasteiger charge is 2.29. The molecule has 0 aromatic carbocycles. The Hall–Kier alpha value is -1.62.